The number of nitrogens with zero attached hydrogens (tertiary/aromatic N) is 5. The van der Waals surface area contributed by atoms with E-state index in [1.54, 1.807) is 12.4 Å². The van der Waals surface area contributed by atoms with Gasteiger partial charge in [0.15, 0.2) is 12.2 Å². The Morgan fingerprint density at radius 2 is 2.12 bits per heavy atom. The summed E-state index contributed by atoms with van der Waals surface area (Å²) in [5.74, 6) is 1.33. The van der Waals surface area contributed by atoms with Crippen molar-refractivity contribution in [3.8, 4) is 17.2 Å². The van der Waals surface area contributed by atoms with Gasteiger partial charge in [0.2, 0.25) is 0 Å². The van der Waals surface area contributed by atoms with Crippen molar-refractivity contribution in [2.45, 2.75) is 51.4 Å². The first-order valence-electron chi connectivity index (χ1n) is 11.0. The summed E-state index contributed by atoms with van der Waals surface area (Å²) < 4.78 is 19.7. The van der Waals surface area contributed by atoms with E-state index in [0.29, 0.717) is 23.3 Å². The van der Waals surface area contributed by atoms with Crippen molar-refractivity contribution >= 4 is 30.6 Å². The van der Waals surface area contributed by atoms with E-state index in [1.807, 2.05) is 22.9 Å². The smallest absolute Gasteiger partial charge is 0.181 e. The quantitative estimate of drug-likeness (QED) is 0.241. The largest absolute Gasteiger partial charge is 0.484 e. The molecule has 1 aliphatic rings. The summed E-state index contributed by atoms with van der Waals surface area (Å²) in [6.45, 7) is 8.12. The zero-order valence-electron chi connectivity index (χ0n) is 18.9. The number of hydrogen-bond acceptors (Lipinski definition) is 7. The minimum Gasteiger partial charge on any atom is -0.484 e. The zero-order chi connectivity index (χ0) is 23.0. The number of hydrogen-bond donors (Lipinski definition) is 0. The third-order valence-corrected chi connectivity index (χ3v) is 7.56. The first kappa shape index (κ1) is 22.1. The zero-order valence-corrected chi connectivity index (χ0v) is 20.7. The van der Waals surface area contributed by atoms with Crippen LogP contribution in [0.3, 0.4) is 0 Å². The molecule has 4 aromatic rings. The second kappa shape index (κ2) is 8.89. The van der Waals surface area contributed by atoms with Gasteiger partial charge in [-0.15, -0.1) is 0 Å². The first-order chi connectivity index (χ1) is 15.9. The van der Waals surface area contributed by atoms with Gasteiger partial charge >= 0.3 is 0 Å². The van der Waals surface area contributed by atoms with E-state index in [0.717, 1.165) is 53.5 Å². The summed E-state index contributed by atoms with van der Waals surface area (Å²) >= 11 is 5.99. The highest BCUT2D eigenvalue weighted by Gasteiger charge is 2.28. The molecule has 0 saturated carbocycles. The van der Waals surface area contributed by atoms with E-state index in [-0.39, 0.29) is 6.10 Å². The van der Waals surface area contributed by atoms with Crippen LogP contribution in [0.1, 0.15) is 23.9 Å². The number of halogens is 1. The fourth-order valence-electron chi connectivity index (χ4n) is 3.92. The number of benzene rings is 1. The maximum atomic E-state index is 6.31. The number of ether oxygens (including phenoxy) is 2. The molecule has 0 amide bonds. The Balaban J connectivity index is 1.42. The summed E-state index contributed by atoms with van der Waals surface area (Å²) in [6, 6.07) is 7.05. The van der Waals surface area contributed by atoms with Crippen LogP contribution in [0.5, 0.6) is 5.75 Å². The molecule has 1 unspecified atom stereocenters. The summed E-state index contributed by atoms with van der Waals surface area (Å²) in [4.78, 5) is 12.9. The van der Waals surface area contributed by atoms with Crippen molar-refractivity contribution in [2.24, 2.45) is 0 Å². The fourth-order valence-corrected chi connectivity index (χ4v) is 4.83. The lowest BCUT2D eigenvalue weighted by Gasteiger charge is -2.15. The molecule has 1 atom stereocenters. The predicted octanol–water partition coefficient (Wildman–Crippen LogP) is 5.51. The maximum absolute atomic E-state index is 6.31. The molecule has 1 aliphatic carbocycles. The van der Waals surface area contributed by atoms with Gasteiger partial charge in [-0.05, 0) is 37.1 Å². The first-order valence-corrected chi connectivity index (χ1v) is 15.1. The van der Waals surface area contributed by atoms with Gasteiger partial charge in [0.1, 0.15) is 35.1 Å². The van der Waals surface area contributed by atoms with Gasteiger partial charge in [0.25, 0.3) is 0 Å². The summed E-state index contributed by atoms with van der Waals surface area (Å²) in [5.41, 5.74) is 3.40. The average molecular weight is 484 g/mol. The molecule has 0 aliphatic heterocycles. The van der Waals surface area contributed by atoms with Crippen molar-refractivity contribution < 1.29 is 13.9 Å². The van der Waals surface area contributed by atoms with Crippen LogP contribution in [-0.4, -0.2) is 39.4 Å². The van der Waals surface area contributed by atoms with Crippen LogP contribution in [0.25, 0.3) is 22.4 Å². The molecule has 0 spiro atoms. The minimum atomic E-state index is -1.15. The second-order valence-corrected chi connectivity index (χ2v) is 15.4. The van der Waals surface area contributed by atoms with Crippen LogP contribution < -0.4 is 4.74 Å². The summed E-state index contributed by atoms with van der Waals surface area (Å²) in [5, 5.41) is 6.09. The predicted molar refractivity (Wildman–Crippen MR) is 128 cm³/mol. The van der Waals surface area contributed by atoms with Gasteiger partial charge in [-0.3, -0.25) is 4.98 Å². The molecule has 10 heteroatoms. The number of fused-ring (bicyclic) bond motifs is 2. The normalized spacial score (nSPS) is 15.8. The van der Waals surface area contributed by atoms with E-state index in [1.165, 1.54) is 6.39 Å². The van der Waals surface area contributed by atoms with Gasteiger partial charge in [-0.1, -0.05) is 31.2 Å². The van der Waals surface area contributed by atoms with Crippen LogP contribution in [0.4, 0.5) is 0 Å². The lowest BCUT2D eigenvalue weighted by atomic mass is 10.1. The Morgan fingerprint density at radius 3 is 2.91 bits per heavy atom. The molecule has 0 bridgehead atoms. The summed E-state index contributed by atoms with van der Waals surface area (Å²) in [7, 11) is -1.15. The number of oxazole rings is 1. The number of rotatable bonds is 8. The molecule has 5 rings (SSSR count). The molecule has 0 radical (unpaired) electrons. The standard InChI is InChI=1S/C23H26ClN5O3Si/c1-33(2,3)9-8-30-14-29-18-6-4-15(10-16(18)22(28-29)20-11-25-13-31-20)32-19-7-5-17-23(19)26-12-21(24)27-17/h4,6,10-13,19H,5,7-9,14H2,1-3H3. The van der Waals surface area contributed by atoms with Crippen molar-refractivity contribution in [3.63, 3.8) is 0 Å². The molecule has 1 aromatic carbocycles. The van der Waals surface area contributed by atoms with Crippen LogP contribution >= 0.6 is 11.6 Å². The Labute approximate surface area is 197 Å². The molecule has 0 saturated heterocycles. The Morgan fingerprint density at radius 1 is 1.24 bits per heavy atom. The van der Waals surface area contributed by atoms with E-state index in [2.05, 4.69) is 34.6 Å². The molecular weight excluding hydrogens is 458 g/mol. The highest BCUT2D eigenvalue weighted by molar-refractivity contribution is 6.76. The van der Waals surface area contributed by atoms with Crippen LogP contribution in [0, 0.1) is 0 Å². The number of aromatic nitrogens is 5. The van der Waals surface area contributed by atoms with E-state index in [4.69, 9.17) is 30.6 Å². The van der Waals surface area contributed by atoms with Crippen molar-refractivity contribution in [1.82, 2.24) is 24.7 Å². The molecule has 0 fully saturated rings. The Hall–Kier alpha value is -2.75. The topological polar surface area (TPSA) is 88.1 Å². The SMILES string of the molecule is C[Si](C)(C)CCOCn1nc(-c2cnco2)c2cc(OC3CCc4nc(Cl)cnc43)ccc21. The third-order valence-electron chi connectivity index (χ3n) is 5.67. The van der Waals surface area contributed by atoms with E-state index >= 15 is 0 Å². The fraction of sp³-hybridized carbons (Fsp3) is 0.391. The minimum absolute atomic E-state index is 0.157. The molecule has 172 valence electrons. The summed E-state index contributed by atoms with van der Waals surface area (Å²) in [6.07, 6.45) is 6.09. The van der Waals surface area contributed by atoms with Gasteiger partial charge < -0.3 is 13.9 Å². The van der Waals surface area contributed by atoms with Gasteiger partial charge in [0.05, 0.1) is 23.6 Å². The van der Waals surface area contributed by atoms with Crippen LogP contribution in [0.15, 0.2) is 41.4 Å². The molecule has 0 N–H and O–H groups in total. The van der Waals surface area contributed by atoms with Gasteiger partial charge in [-0.2, -0.15) is 5.10 Å². The van der Waals surface area contributed by atoms with Crippen molar-refractivity contribution in [2.75, 3.05) is 6.61 Å². The van der Waals surface area contributed by atoms with Crippen molar-refractivity contribution in [3.05, 3.63) is 53.5 Å². The molecule has 8 nitrogen and oxygen atoms in total. The molecule has 33 heavy (non-hydrogen) atoms. The maximum Gasteiger partial charge on any atom is 0.181 e. The monoisotopic (exact) mass is 483 g/mol. The highest BCUT2D eigenvalue weighted by Crippen LogP contribution is 2.36. The Kier molecular flexibility index (Phi) is 5.94. The Bertz CT molecular complexity index is 1270. The lowest BCUT2D eigenvalue weighted by Crippen LogP contribution is -2.22. The van der Waals surface area contributed by atoms with E-state index in [9.17, 15) is 0 Å². The molecule has 3 aromatic heterocycles. The third kappa shape index (κ3) is 4.80. The van der Waals surface area contributed by atoms with Gasteiger partial charge in [-0.25, -0.2) is 14.6 Å². The van der Waals surface area contributed by atoms with E-state index < -0.39 is 8.07 Å². The average Bonchev–Trinajstić information content (AvgIpc) is 3.50. The molecule has 3 heterocycles. The molecular formula is C23H26ClN5O3Si. The lowest BCUT2D eigenvalue weighted by molar-refractivity contribution is 0.0818. The van der Waals surface area contributed by atoms with Crippen molar-refractivity contribution in [1.29, 1.82) is 0 Å². The van der Waals surface area contributed by atoms with Gasteiger partial charge in [0, 0.05) is 20.1 Å². The van der Waals surface area contributed by atoms with Crippen LogP contribution in [-0.2, 0) is 17.9 Å². The number of aryl methyl sites for hydroxylation is 1. The highest BCUT2D eigenvalue weighted by atomic mass is 35.5. The van der Waals surface area contributed by atoms with Crippen LogP contribution in [0.2, 0.25) is 30.8 Å². The second-order valence-electron chi connectivity index (χ2n) is 9.41.